The van der Waals surface area contributed by atoms with E-state index in [4.69, 9.17) is 41.9 Å². The third-order valence-corrected chi connectivity index (χ3v) is 7.32. The normalized spacial score (nSPS) is 41.1. The van der Waals surface area contributed by atoms with Crippen LogP contribution in [0.25, 0.3) is 0 Å². The Bertz CT molecular complexity index is 843. The lowest BCUT2D eigenvalue weighted by Crippen LogP contribution is -2.69. The number of guanidine groups is 1. The molecule has 0 radical (unpaired) electrons. The molecule has 0 aromatic heterocycles. The van der Waals surface area contributed by atoms with Crippen molar-refractivity contribution >= 4 is 5.96 Å². The lowest BCUT2D eigenvalue weighted by atomic mass is 9.83. The van der Waals surface area contributed by atoms with E-state index in [9.17, 15) is 25.5 Å². The first-order chi connectivity index (χ1) is 18.4. The molecule has 1 unspecified atom stereocenters. The van der Waals surface area contributed by atoms with Crippen molar-refractivity contribution in [1.82, 2.24) is 10.6 Å². The Morgan fingerprint density at radius 3 is 2.44 bits per heavy atom. The van der Waals surface area contributed by atoms with Gasteiger partial charge in [0.1, 0.15) is 41.8 Å². The summed E-state index contributed by atoms with van der Waals surface area (Å²) in [7, 11) is 1.59. The van der Waals surface area contributed by atoms with Gasteiger partial charge in [0.15, 0.2) is 12.2 Å². The summed E-state index contributed by atoms with van der Waals surface area (Å²) in [4.78, 5) is 4.16. The summed E-state index contributed by atoms with van der Waals surface area (Å²) in [6, 6.07) is -3.60. The monoisotopic (exact) mass is 563 g/mol. The zero-order valence-corrected chi connectivity index (χ0v) is 22.3. The number of nitrogens with two attached hydrogens (primary N) is 4. The standard InChI is InChI=1S/C23H45N7O9/c1-23(35)9-36-21(16(34)19(23)28-2)39-18-14(29-10(7-31)8-32)5-12(25)17(15(18)33)38-20-13(30-22(26)27)4-3-11(6-24)37-20/h3,10,12-21,28-29,31-35H,4-9,24-25H2,1-2H3,(H4,26,27,30)/t12-,13+,14+,15-,16+,17?,18-,19+,20+,21+,23-/m0/s1. The molecular weight excluding hydrogens is 518 g/mol. The summed E-state index contributed by atoms with van der Waals surface area (Å²) < 4.78 is 23.7. The van der Waals surface area contributed by atoms with Gasteiger partial charge in [-0.05, 0) is 32.9 Å². The number of aliphatic imine (C=N–C) groups is 1. The molecule has 11 atom stereocenters. The molecule has 0 aromatic rings. The Kier molecular flexibility index (Phi) is 11.3. The average Bonchev–Trinajstić information content (AvgIpc) is 2.88. The van der Waals surface area contributed by atoms with Gasteiger partial charge >= 0.3 is 0 Å². The fraction of sp³-hybridized carbons (Fsp3) is 0.870. The number of aliphatic hydroxyl groups excluding tert-OH is 4. The molecule has 0 aromatic carbocycles. The predicted molar refractivity (Wildman–Crippen MR) is 139 cm³/mol. The minimum absolute atomic E-state index is 0.114. The van der Waals surface area contributed by atoms with Crippen LogP contribution in [0.1, 0.15) is 19.8 Å². The van der Waals surface area contributed by atoms with Crippen LogP contribution in [0.3, 0.4) is 0 Å². The summed E-state index contributed by atoms with van der Waals surface area (Å²) >= 11 is 0. The topological polar surface area (TPSA) is 279 Å². The first-order valence-corrected chi connectivity index (χ1v) is 13.0. The van der Waals surface area contributed by atoms with Gasteiger partial charge in [0.05, 0.1) is 38.4 Å². The largest absolute Gasteiger partial charge is 0.466 e. The van der Waals surface area contributed by atoms with Gasteiger partial charge in [-0.15, -0.1) is 0 Å². The van der Waals surface area contributed by atoms with Crippen molar-refractivity contribution in [1.29, 1.82) is 0 Å². The highest BCUT2D eigenvalue weighted by Crippen LogP contribution is 2.32. The third kappa shape index (κ3) is 7.55. The highest BCUT2D eigenvalue weighted by molar-refractivity contribution is 5.75. The molecule has 1 aliphatic carbocycles. The number of likely N-dealkylation sites (N-methyl/N-ethyl adjacent to an activating group) is 1. The molecule has 3 aliphatic rings. The maximum Gasteiger partial charge on any atom is 0.222 e. The van der Waals surface area contributed by atoms with E-state index in [2.05, 4.69) is 15.6 Å². The summed E-state index contributed by atoms with van der Waals surface area (Å²) in [6.07, 6.45) is -4.80. The Balaban J connectivity index is 1.85. The van der Waals surface area contributed by atoms with Crippen molar-refractivity contribution in [2.45, 2.75) is 92.6 Å². The Morgan fingerprint density at radius 2 is 1.85 bits per heavy atom. The van der Waals surface area contributed by atoms with Crippen LogP contribution in [0.2, 0.25) is 0 Å². The highest BCUT2D eigenvalue weighted by Gasteiger charge is 2.51. The minimum Gasteiger partial charge on any atom is -0.466 e. The van der Waals surface area contributed by atoms with Crippen molar-refractivity contribution in [2.24, 2.45) is 27.9 Å². The fourth-order valence-corrected chi connectivity index (χ4v) is 5.29. The van der Waals surface area contributed by atoms with Crippen LogP contribution in [0, 0.1) is 0 Å². The zero-order chi connectivity index (χ0) is 28.9. The molecule has 2 heterocycles. The molecule has 1 saturated heterocycles. The zero-order valence-electron chi connectivity index (χ0n) is 22.3. The van der Waals surface area contributed by atoms with Gasteiger partial charge < -0.3 is 78.0 Å². The third-order valence-electron chi connectivity index (χ3n) is 7.32. The molecule has 2 fully saturated rings. The Labute approximate surface area is 227 Å². The number of nitrogens with zero attached hydrogens (tertiary/aromatic N) is 1. The van der Waals surface area contributed by atoms with Crippen molar-refractivity contribution in [3.63, 3.8) is 0 Å². The van der Waals surface area contributed by atoms with Crippen molar-refractivity contribution in [3.8, 4) is 0 Å². The summed E-state index contributed by atoms with van der Waals surface area (Å²) in [5, 5.41) is 58.2. The summed E-state index contributed by atoms with van der Waals surface area (Å²) in [5.74, 6) is 0.295. The lowest BCUT2D eigenvalue weighted by molar-refractivity contribution is -0.304. The van der Waals surface area contributed by atoms with E-state index in [0.717, 1.165) is 0 Å². The van der Waals surface area contributed by atoms with Crippen LogP contribution in [0.4, 0.5) is 0 Å². The number of hydrogen-bond donors (Lipinski definition) is 11. The summed E-state index contributed by atoms with van der Waals surface area (Å²) in [5.41, 5.74) is 22.0. The molecule has 15 N–H and O–H groups in total. The molecule has 39 heavy (non-hydrogen) atoms. The van der Waals surface area contributed by atoms with E-state index >= 15 is 0 Å². The first-order valence-electron chi connectivity index (χ1n) is 13.0. The maximum atomic E-state index is 11.5. The van der Waals surface area contributed by atoms with Crippen LogP contribution in [-0.4, -0.2) is 138 Å². The molecular formula is C23H45N7O9. The smallest absolute Gasteiger partial charge is 0.222 e. The van der Waals surface area contributed by atoms with Crippen LogP contribution < -0.4 is 33.6 Å². The SMILES string of the molecule is CN[C@@H]1[C@@H](O)[C@@H](O[C@H]2[C@H](NC(CO)CO)C[C@H](N)C(O[C@H]3OC(CN)=CC[C@H]3N=C(N)N)[C@@H]2O)OC[C@]1(C)O. The highest BCUT2D eigenvalue weighted by atomic mass is 16.7. The van der Waals surface area contributed by atoms with Crippen molar-refractivity contribution in [2.75, 3.05) is 33.4 Å². The predicted octanol–water partition coefficient (Wildman–Crippen LogP) is -5.55. The number of ether oxygens (including phenoxy) is 4. The van der Waals surface area contributed by atoms with E-state index < -0.39 is 72.8 Å². The molecule has 16 nitrogen and oxygen atoms in total. The van der Waals surface area contributed by atoms with Crippen LogP contribution in [-0.2, 0) is 18.9 Å². The van der Waals surface area contributed by atoms with E-state index in [1.54, 1.807) is 13.1 Å². The second-order valence-electron chi connectivity index (χ2n) is 10.4. The summed E-state index contributed by atoms with van der Waals surface area (Å²) in [6.45, 7) is 0.707. The van der Waals surface area contributed by atoms with E-state index in [-0.39, 0.29) is 38.7 Å². The van der Waals surface area contributed by atoms with E-state index in [1.807, 2.05) is 0 Å². The van der Waals surface area contributed by atoms with Gasteiger partial charge in [-0.3, -0.25) is 0 Å². The molecule has 16 heteroatoms. The number of nitrogens with one attached hydrogen (secondary N) is 2. The van der Waals surface area contributed by atoms with Gasteiger partial charge in [-0.2, -0.15) is 0 Å². The molecule has 2 aliphatic heterocycles. The molecule has 0 amide bonds. The van der Waals surface area contributed by atoms with E-state index in [0.29, 0.717) is 12.2 Å². The van der Waals surface area contributed by atoms with Crippen LogP contribution in [0.5, 0.6) is 0 Å². The van der Waals surface area contributed by atoms with Crippen LogP contribution in [0.15, 0.2) is 16.8 Å². The minimum atomic E-state index is -1.40. The molecule has 3 rings (SSSR count). The quantitative estimate of drug-likeness (QED) is 0.0825. The van der Waals surface area contributed by atoms with Crippen molar-refractivity contribution < 1.29 is 44.5 Å². The first kappa shape index (κ1) is 31.9. The lowest BCUT2D eigenvalue weighted by Gasteiger charge is -2.49. The number of aliphatic hydroxyl groups is 5. The van der Waals surface area contributed by atoms with Gasteiger partial charge in [0.25, 0.3) is 0 Å². The Hall–Kier alpha value is -1.67. The fourth-order valence-electron chi connectivity index (χ4n) is 5.29. The van der Waals surface area contributed by atoms with Crippen LogP contribution >= 0.6 is 0 Å². The van der Waals surface area contributed by atoms with Crippen molar-refractivity contribution in [3.05, 3.63) is 11.8 Å². The second kappa shape index (κ2) is 13.8. The van der Waals surface area contributed by atoms with Gasteiger partial charge in [0, 0.05) is 12.1 Å². The number of hydrogen-bond acceptors (Lipinski definition) is 14. The maximum absolute atomic E-state index is 11.5. The molecule has 0 spiro atoms. The van der Waals surface area contributed by atoms with Gasteiger partial charge in [0.2, 0.25) is 6.29 Å². The van der Waals surface area contributed by atoms with Gasteiger partial charge in [-0.1, -0.05) is 0 Å². The molecule has 0 bridgehead atoms. The molecule has 226 valence electrons. The number of rotatable bonds is 11. The second-order valence-corrected chi connectivity index (χ2v) is 10.4. The van der Waals surface area contributed by atoms with E-state index in [1.165, 1.54) is 6.92 Å². The van der Waals surface area contributed by atoms with Gasteiger partial charge in [-0.25, -0.2) is 4.99 Å². The molecule has 1 saturated carbocycles. The average molecular weight is 564 g/mol. The Morgan fingerprint density at radius 1 is 1.18 bits per heavy atom.